The Bertz CT molecular complexity index is 1340. The van der Waals surface area contributed by atoms with E-state index in [0.29, 0.717) is 0 Å². The van der Waals surface area contributed by atoms with Gasteiger partial charge in [0.1, 0.15) is 0 Å². The fourth-order valence-electron chi connectivity index (χ4n) is 4.87. The number of rotatable bonds is 3. The number of aromatic nitrogens is 1. The molecule has 1 aliphatic carbocycles. The number of nitrogens with zero attached hydrogens (tertiary/aromatic N) is 1. The highest BCUT2D eigenvalue weighted by atomic mass is 15.0. The first-order valence-electron chi connectivity index (χ1n) is 10.2. The number of hydrogen-bond acceptors (Lipinski definition) is 0. The molecule has 1 heteroatoms. The lowest BCUT2D eigenvalue weighted by atomic mass is 9.82. The molecular formula is C28H25N. The van der Waals surface area contributed by atoms with Gasteiger partial charge in [-0.05, 0) is 59.5 Å². The molecule has 0 atom stereocenters. The van der Waals surface area contributed by atoms with E-state index in [2.05, 4.69) is 97.8 Å². The zero-order chi connectivity index (χ0) is 20.2. The minimum absolute atomic E-state index is 0.00533. The second-order valence-electron chi connectivity index (χ2n) is 8.26. The highest BCUT2D eigenvalue weighted by molar-refractivity contribution is 6.12. The van der Waals surface area contributed by atoms with Gasteiger partial charge < -0.3 is 4.57 Å². The molecule has 142 valence electrons. The number of allylic oxidation sites excluding steroid dienone is 5. The van der Waals surface area contributed by atoms with Gasteiger partial charge >= 0.3 is 0 Å². The molecule has 1 aliphatic rings. The van der Waals surface area contributed by atoms with Crippen LogP contribution in [-0.4, -0.2) is 4.57 Å². The van der Waals surface area contributed by atoms with Crippen molar-refractivity contribution >= 4 is 27.5 Å². The fourth-order valence-corrected chi connectivity index (χ4v) is 4.87. The van der Waals surface area contributed by atoms with E-state index in [1.165, 1.54) is 44.1 Å². The van der Waals surface area contributed by atoms with Crippen LogP contribution in [-0.2, 0) is 5.41 Å². The second-order valence-corrected chi connectivity index (χ2v) is 8.26. The fraction of sp³-hybridized carbons (Fsp3) is 0.143. The summed E-state index contributed by atoms with van der Waals surface area (Å²) < 4.78 is 2.34. The van der Waals surface area contributed by atoms with Crippen LogP contribution in [0.4, 0.5) is 0 Å². The molecule has 3 aromatic carbocycles. The van der Waals surface area contributed by atoms with E-state index in [1.807, 2.05) is 19.1 Å². The van der Waals surface area contributed by atoms with E-state index in [-0.39, 0.29) is 5.41 Å². The van der Waals surface area contributed by atoms with Crippen molar-refractivity contribution in [3.05, 3.63) is 103 Å². The Morgan fingerprint density at radius 2 is 1.62 bits per heavy atom. The third-order valence-electron chi connectivity index (χ3n) is 6.30. The minimum atomic E-state index is 0.00533. The van der Waals surface area contributed by atoms with Gasteiger partial charge in [-0.2, -0.15) is 0 Å². The van der Waals surface area contributed by atoms with Crippen molar-refractivity contribution in [3.8, 4) is 11.1 Å². The van der Waals surface area contributed by atoms with E-state index in [1.54, 1.807) is 0 Å². The van der Waals surface area contributed by atoms with Crippen LogP contribution in [0.15, 0.2) is 91.5 Å². The third-order valence-corrected chi connectivity index (χ3v) is 6.30. The van der Waals surface area contributed by atoms with Crippen molar-refractivity contribution in [2.24, 2.45) is 0 Å². The second kappa shape index (κ2) is 6.35. The first-order chi connectivity index (χ1) is 14.1. The van der Waals surface area contributed by atoms with Crippen LogP contribution in [0.25, 0.3) is 38.6 Å². The Hall–Kier alpha value is -3.32. The predicted octanol–water partition coefficient (Wildman–Crippen LogP) is 7.70. The molecule has 29 heavy (non-hydrogen) atoms. The van der Waals surface area contributed by atoms with Crippen LogP contribution < -0.4 is 0 Å². The van der Waals surface area contributed by atoms with Gasteiger partial charge in [0.15, 0.2) is 0 Å². The molecule has 0 fully saturated rings. The average molecular weight is 376 g/mol. The van der Waals surface area contributed by atoms with Gasteiger partial charge in [0.05, 0.1) is 11.0 Å². The molecule has 0 bridgehead atoms. The largest absolute Gasteiger partial charge is 0.309 e. The van der Waals surface area contributed by atoms with E-state index in [4.69, 9.17) is 0 Å². The highest BCUT2D eigenvalue weighted by Gasteiger charge is 2.36. The molecule has 0 aliphatic heterocycles. The van der Waals surface area contributed by atoms with Gasteiger partial charge in [-0.1, -0.05) is 75.0 Å². The van der Waals surface area contributed by atoms with Crippen LogP contribution in [0, 0.1) is 0 Å². The van der Waals surface area contributed by atoms with Crippen molar-refractivity contribution in [1.29, 1.82) is 0 Å². The van der Waals surface area contributed by atoms with Gasteiger partial charge in [0, 0.05) is 21.9 Å². The van der Waals surface area contributed by atoms with Gasteiger partial charge in [-0.15, -0.1) is 0 Å². The smallest absolute Gasteiger partial charge is 0.0547 e. The van der Waals surface area contributed by atoms with Crippen LogP contribution in [0.3, 0.4) is 0 Å². The zero-order valence-electron chi connectivity index (χ0n) is 17.2. The lowest BCUT2D eigenvalue weighted by Crippen LogP contribution is -2.14. The van der Waals surface area contributed by atoms with E-state index in [9.17, 15) is 0 Å². The molecule has 0 unspecified atom stereocenters. The molecule has 0 saturated heterocycles. The first-order valence-corrected chi connectivity index (χ1v) is 10.2. The first kappa shape index (κ1) is 17.8. The SMILES string of the molecule is C=C/C(=C\C=C/C)n1c2ccccc2c2cc3c(cc21)-c1ccccc1C3(C)C. The summed E-state index contributed by atoms with van der Waals surface area (Å²) in [7, 11) is 0. The monoisotopic (exact) mass is 375 g/mol. The van der Waals surface area contributed by atoms with Gasteiger partial charge in [-0.3, -0.25) is 0 Å². The number of para-hydroxylation sites is 1. The number of fused-ring (bicyclic) bond motifs is 6. The summed E-state index contributed by atoms with van der Waals surface area (Å²) in [6, 6.07) is 22.3. The van der Waals surface area contributed by atoms with Crippen LogP contribution in [0.2, 0.25) is 0 Å². The summed E-state index contributed by atoms with van der Waals surface area (Å²) in [6.07, 6.45) is 8.19. The minimum Gasteiger partial charge on any atom is -0.309 e. The van der Waals surface area contributed by atoms with E-state index >= 15 is 0 Å². The topological polar surface area (TPSA) is 4.93 Å². The van der Waals surface area contributed by atoms with Crippen molar-refractivity contribution in [2.75, 3.05) is 0 Å². The molecule has 0 radical (unpaired) electrons. The summed E-state index contributed by atoms with van der Waals surface area (Å²) in [4.78, 5) is 0. The summed E-state index contributed by atoms with van der Waals surface area (Å²) in [5.74, 6) is 0. The maximum Gasteiger partial charge on any atom is 0.0547 e. The Kier molecular flexibility index (Phi) is 3.89. The highest BCUT2D eigenvalue weighted by Crippen LogP contribution is 2.50. The van der Waals surface area contributed by atoms with Crippen LogP contribution >= 0.6 is 0 Å². The van der Waals surface area contributed by atoms with Crippen molar-refractivity contribution in [1.82, 2.24) is 4.57 Å². The quantitative estimate of drug-likeness (QED) is 0.323. The molecule has 1 heterocycles. The molecule has 1 nitrogen and oxygen atoms in total. The molecule has 1 aromatic heterocycles. The van der Waals surface area contributed by atoms with E-state index in [0.717, 1.165) is 5.70 Å². The lowest BCUT2D eigenvalue weighted by molar-refractivity contribution is 0.661. The summed E-state index contributed by atoms with van der Waals surface area (Å²) >= 11 is 0. The van der Waals surface area contributed by atoms with Crippen molar-refractivity contribution in [2.45, 2.75) is 26.2 Å². The van der Waals surface area contributed by atoms with E-state index < -0.39 is 0 Å². The molecule has 0 saturated carbocycles. The molecule has 0 amide bonds. The number of hydrogen-bond donors (Lipinski definition) is 0. The van der Waals surface area contributed by atoms with Gasteiger partial charge in [0.25, 0.3) is 0 Å². The van der Waals surface area contributed by atoms with Gasteiger partial charge in [-0.25, -0.2) is 0 Å². The standard InChI is InChI=1S/C28H25N/c1-5-7-12-19(6-2)29-26-16-11-9-14-21(26)23-17-25-22(18-27(23)29)20-13-8-10-15-24(20)28(25,3)4/h5-18H,2H2,1,3-4H3/b7-5-,19-12+. The van der Waals surface area contributed by atoms with Crippen LogP contribution in [0.5, 0.6) is 0 Å². The maximum atomic E-state index is 4.09. The Labute approximate surface area is 172 Å². The summed E-state index contributed by atoms with van der Waals surface area (Å²) in [6.45, 7) is 10.8. The molecular weight excluding hydrogens is 350 g/mol. The summed E-state index contributed by atoms with van der Waals surface area (Å²) in [5.41, 5.74) is 9.05. The van der Waals surface area contributed by atoms with Crippen molar-refractivity contribution in [3.63, 3.8) is 0 Å². The van der Waals surface area contributed by atoms with Crippen LogP contribution in [0.1, 0.15) is 31.9 Å². The van der Waals surface area contributed by atoms with Crippen molar-refractivity contribution < 1.29 is 0 Å². The molecule has 5 rings (SSSR count). The maximum absolute atomic E-state index is 4.09. The molecule has 0 spiro atoms. The van der Waals surface area contributed by atoms with Gasteiger partial charge in [0.2, 0.25) is 0 Å². The Balaban J connectivity index is 1.94. The summed E-state index contributed by atoms with van der Waals surface area (Å²) in [5, 5.41) is 2.58. The Morgan fingerprint density at radius 1 is 0.862 bits per heavy atom. The Morgan fingerprint density at radius 3 is 2.41 bits per heavy atom. The predicted molar refractivity (Wildman–Crippen MR) is 126 cm³/mol. The number of benzene rings is 3. The lowest BCUT2D eigenvalue weighted by Gasteiger charge is -2.21. The normalized spacial score (nSPS) is 15.2. The average Bonchev–Trinajstić information content (AvgIpc) is 3.18. The zero-order valence-corrected chi connectivity index (χ0v) is 17.2. The third kappa shape index (κ3) is 2.40. The molecule has 0 N–H and O–H groups in total. The molecule has 4 aromatic rings.